The van der Waals surface area contributed by atoms with Crippen molar-refractivity contribution in [1.29, 1.82) is 0 Å². The minimum atomic E-state index is 0.443. The second-order valence-corrected chi connectivity index (χ2v) is 7.80. The van der Waals surface area contributed by atoms with Gasteiger partial charge in [-0.15, -0.1) is 0 Å². The van der Waals surface area contributed by atoms with E-state index in [0.717, 1.165) is 25.3 Å². The molecular formula is C23H24N6. The normalized spacial score (nSPS) is 17.6. The summed E-state index contributed by atoms with van der Waals surface area (Å²) in [5, 5.41) is 4.41. The molecule has 146 valence electrons. The maximum atomic E-state index is 4.49. The molecule has 1 aromatic carbocycles. The minimum absolute atomic E-state index is 0.443. The quantitative estimate of drug-likeness (QED) is 0.534. The number of rotatable bonds is 4. The summed E-state index contributed by atoms with van der Waals surface area (Å²) in [5.41, 5.74) is 6.02. The fraction of sp³-hybridized carbons (Fsp3) is 0.304. The highest BCUT2D eigenvalue weighted by atomic mass is 15.3. The zero-order chi connectivity index (χ0) is 19.6. The van der Waals surface area contributed by atoms with Gasteiger partial charge in [0.25, 0.3) is 5.78 Å². The van der Waals surface area contributed by atoms with Crippen LogP contribution in [0.25, 0.3) is 16.9 Å². The molecule has 0 radical (unpaired) electrons. The van der Waals surface area contributed by atoms with Crippen LogP contribution in [0, 0.1) is 6.92 Å². The molecule has 0 bridgehead atoms. The van der Waals surface area contributed by atoms with Gasteiger partial charge < -0.3 is 0 Å². The summed E-state index contributed by atoms with van der Waals surface area (Å²) < 4.78 is 1.91. The first-order chi connectivity index (χ1) is 14.3. The van der Waals surface area contributed by atoms with Gasteiger partial charge in [0.2, 0.25) is 0 Å². The van der Waals surface area contributed by atoms with Crippen LogP contribution in [0.4, 0.5) is 0 Å². The standard InChI is InChI=1S/C23H24N6/c1-17-12-22(29-23(27-17)25-16-26-29)21-6-3-11-28(15-21)14-18-4-2-5-20(13-18)19-7-9-24-10-8-19/h2,4-5,7-10,12-13,16,21H,3,6,11,14-15H2,1H3. The van der Waals surface area contributed by atoms with Crippen LogP contribution in [0.2, 0.25) is 0 Å². The third-order valence-corrected chi connectivity index (χ3v) is 5.68. The average molecular weight is 384 g/mol. The Labute approximate surface area is 170 Å². The molecule has 0 spiro atoms. The Morgan fingerprint density at radius 1 is 1.07 bits per heavy atom. The Balaban J connectivity index is 1.36. The number of nitrogens with zero attached hydrogens (tertiary/aromatic N) is 6. The lowest BCUT2D eigenvalue weighted by molar-refractivity contribution is 0.197. The highest BCUT2D eigenvalue weighted by Crippen LogP contribution is 2.28. The maximum absolute atomic E-state index is 4.49. The number of pyridine rings is 1. The molecular weight excluding hydrogens is 360 g/mol. The van der Waals surface area contributed by atoms with E-state index in [4.69, 9.17) is 0 Å². The monoisotopic (exact) mass is 384 g/mol. The molecule has 1 atom stereocenters. The van der Waals surface area contributed by atoms with E-state index in [2.05, 4.69) is 67.4 Å². The zero-order valence-corrected chi connectivity index (χ0v) is 16.6. The van der Waals surface area contributed by atoms with Crippen LogP contribution in [0.3, 0.4) is 0 Å². The van der Waals surface area contributed by atoms with Gasteiger partial charge in [0.15, 0.2) is 0 Å². The second-order valence-electron chi connectivity index (χ2n) is 7.80. The van der Waals surface area contributed by atoms with Gasteiger partial charge in [-0.2, -0.15) is 10.1 Å². The van der Waals surface area contributed by atoms with Crippen LogP contribution in [0.1, 0.15) is 35.7 Å². The van der Waals surface area contributed by atoms with Gasteiger partial charge in [-0.3, -0.25) is 9.88 Å². The lowest BCUT2D eigenvalue weighted by Gasteiger charge is -2.33. The van der Waals surface area contributed by atoms with Gasteiger partial charge in [-0.1, -0.05) is 18.2 Å². The summed E-state index contributed by atoms with van der Waals surface area (Å²) in [7, 11) is 0. The van der Waals surface area contributed by atoms with E-state index >= 15 is 0 Å². The number of hydrogen-bond donors (Lipinski definition) is 0. The maximum Gasteiger partial charge on any atom is 0.252 e. The van der Waals surface area contributed by atoms with E-state index in [1.54, 1.807) is 6.33 Å². The van der Waals surface area contributed by atoms with Crippen molar-refractivity contribution in [3.8, 4) is 11.1 Å². The number of hydrogen-bond acceptors (Lipinski definition) is 5. The molecule has 4 aromatic rings. The van der Waals surface area contributed by atoms with E-state index in [1.165, 1.54) is 35.2 Å². The number of fused-ring (bicyclic) bond motifs is 1. The SMILES string of the molecule is Cc1cc(C2CCCN(Cc3cccc(-c4ccncc4)c3)C2)n2ncnc2n1. The summed E-state index contributed by atoms with van der Waals surface area (Å²) in [5.74, 6) is 1.14. The van der Waals surface area contributed by atoms with E-state index in [0.29, 0.717) is 11.7 Å². The molecule has 6 heteroatoms. The van der Waals surface area contributed by atoms with E-state index < -0.39 is 0 Å². The number of likely N-dealkylation sites (tertiary alicyclic amines) is 1. The van der Waals surface area contributed by atoms with Crippen LogP contribution >= 0.6 is 0 Å². The van der Waals surface area contributed by atoms with Crippen LogP contribution in [-0.2, 0) is 6.54 Å². The highest BCUT2D eigenvalue weighted by molar-refractivity contribution is 5.63. The Kier molecular flexibility index (Phi) is 4.77. The van der Waals surface area contributed by atoms with Crippen molar-refractivity contribution in [3.63, 3.8) is 0 Å². The molecule has 0 saturated carbocycles. The van der Waals surface area contributed by atoms with Crippen LogP contribution in [-0.4, -0.2) is 42.6 Å². The summed E-state index contributed by atoms with van der Waals surface area (Å²) >= 11 is 0. The number of aromatic nitrogens is 5. The van der Waals surface area contributed by atoms with Crippen molar-refractivity contribution < 1.29 is 0 Å². The van der Waals surface area contributed by atoms with Crippen molar-refractivity contribution in [2.75, 3.05) is 13.1 Å². The molecule has 1 unspecified atom stereocenters. The summed E-state index contributed by atoms with van der Waals surface area (Å²) in [4.78, 5) is 15.4. The van der Waals surface area contributed by atoms with Crippen LogP contribution in [0.15, 0.2) is 61.2 Å². The number of piperidine rings is 1. The highest BCUT2D eigenvalue weighted by Gasteiger charge is 2.24. The first-order valence-electron chi connectivity index (χ1n) is 10.2. The average Bonchev–Trinajstić information content (AvgIpc) is 3.22. The Hall–Kier alpha value is -3.12. The summed E-state index contributed by atoms with van der Waals surface area (Å²) in [6.07, 6.45) is 7.65. The van der Waals surface area contributed by atoms with Crippen LogP contribution in [0.5, 0.6) is 0 Å². The minimum Gasteiger partial charge on any atom is -0.298 e. The van der Waals surface area contributed by atoms with E-state index in [1.807, 2.05) is 23.8 Å². The first-order valence-corrected chi connectivity index (χ1v) is 10.2. The number of benzene rings is 1. The third-order valence-electron chi connectivity index (χ3n) is 5.68. The Morgan fingerprint density at radius 2 is 1.97 bits per heavy atom. The second kappa shape index (κ2) is 7.72. The largest absolute Gasteiger partial charge is 0.298 e. The van der Waals surface area contributed by atoms with Gasteiger partial charge in [0, 0.05) is 37.1 Å². The molecule has 0 N–H and O–H groups in total. The van der Waals surface area contributed by atoms with Crippen molar-refractivity contribution in [2.24, 2.45) is 0 Å². The molecule has 1 aliphatic heterocycles. The van der Waals surface area contributed by atoms with Crippen molar-refractivity contribution in [1.82, 2.24) is 29.5 Å². The van der Waals surface area contributed by atoms with Crippen molar-refractivity contribution >= 4 is 5.78 Å². The molecule has 0 aliphatic carbocycles. The molecule has 5 rings (SSSR count). The summed E-state index contributed by atoms with van der Waals surface area (Å²) in [6, 6.07) is 15.1. The molecule has 6 nitrogen and oxygen atoms in total. The lowest BCUT2D eigenvalue weighted by Crippen LogP contribution is -2.34. The molecule has 0 amide bonds. The topological polar surface area (TPSA) is 59.2 Å². The molecule has 1 fully saturated rings. The van der Waals surface area contributed by atoms with Crippen molar-refractivity contribution in [2.45, 2.75) is 32.2 Å². The summed E-state index contributed by atoms with van der Waals surface area (Å²) in [6.45, 7) is 5.14. The molecule has 1 aliphatic rings. The predicted octanol–water partition coefficient (Wildman–Crippen LogP) is 3.87. The smallest absolute Gasteiger partial charge is 0.252 e. The number of aryl methyl sites for hydroxylation is 1. The van der Waals surface area contributed by atoms with E-state index in [-0.39, 0.29) is 0 Å². The lowest BCUT2D eigenvalue weighted by atomic mass is 9.93. The molecule has 29 heavy (non-hydrogen) atoms. The van der Waals surface area contributed by atoms with Gasteiger partial charge in [0.1, 0.15) is 6.33 Å². The Bertz CT molecular complexity index is 1120. The Morgan fingerprint density at radius 3 is 2.86 bits per heavy atom. The molecule has 1 saturated heterocycles. The van der Waals surface area contributed by atoms with Crippen molar-refractivity contribution in [3.05, 3.63) is 78.1 Å². The van der Waals surface area contributed by atoms with Crippen LogP contribution < -0.4 is 0 Å². The van der Waals surface area contributed by atoms with Gasteiger partial charge in [0.05, 0.1) is 5.69 Å². The molecule has 3 aromatic heterocycles. The first kappa shape index (κ1) is 17.9. The fourth-order valence-electron chi connectivity index (χ4n) is 4.34. The van der Waals surface area contributed by atoms with Gasteiger partial charge >= 0.3 is 0 Å². The molecule has 4 heterocycles. The fourth-order valence-corrected chi connectivity index (χ4v) is 4.34. The third kappa shape index (κ3) is 3.76. The van der Waals surface area contributed by atoms with E-state index in [9.17, 15) is 0 Å². The van der Waals surface area contributed by atoms with Gasteiger partial charge in [-0.25, -0.2) is 9.50 Å². The predicted molar refractivity (Wildman–Crippen MR) is 112 cm³/mol. The van der Waals surface area contributed by atoms with Gasteiger partial charge in [-0.05, 0) is 67.3 Å². The zero-order valence-electron chi connectivity index (χ0n) is 16.6.